The van der Waals surface area contributed by atoms with Gasteiger partial charge in [0.25, 0.3) is 0 Å². The lowest BCUT2D eigenvalue weighted by molar-refractivity contribution is -0.113. The van der Waals surface area contributed by atoms with Crippen molar-refractivity contribution in [2.24, 2.45) is 0 Å². The van der Waals surface area contributed by atoms with Crippen LogP contribution in [-0.4, -0.2) is 36.2 Å². The minimum atomic E-state index is -0.0683. The number of rotatable bonds is 6. The predicted octanol–water partition coefficient (Wildman–Crippen LogP) is 3.93. The summed E-state index contributed by atoms with van der Waals surface area (Å²) in [4.78, 5) is 12.5. The van der Waals surface area contributed by atoms with Crippen molar-refractivity contribution < 1.29 is 4.79 Å². The number of thioether (sulfide) groups is 1. The van der Waals surface area contributed by atoms with E-state index in [4.69, 9.17) is 0 Å². The molecule has 1 aromatic carbocycles. The van der Waals surface area contributed by atoms with Crippen molar-refractivity contribution in [2.75, 3.05) is 11.1 Å². The maximum Gasteiger partial charge on any atom is 0.235 e. The van der Waals surface area contributed by atoms with Crippen LogP contribution in [0.4, 0.5) is 5.82 Å². The molecule has 28 heavy (non-hydrogen) atoms. The first-order chi connectivity index (χ1) is 13.6. The van der Waals surface area contributed by atoms with Crippen molar-refractivity contribution in [3.8, 4) is 5.69 Å². The van der Waals surface area contributed by atoms with E-state index in [1.165, 1.54) is 30.2 Å². The maximum absolute atomic E-state index is 12.5. The van der Waals surface area contributed by atoms with Crippen LogP contribution in [0.5, 0.6) is 0 Å². The number of carbonyl (C=O) groups is 1. The number of anilines is 1. The summed E-state index contributed by atoms with van der Waals surface area (Å²) >= 11 is 1.38. The first-order valence-corrected chi connectivity index (χ1v) is 10.6. The Morgan fingerprint density at radius 1 is 1.21 bits per heavy atom. The molecule has 0 unspecified atom stereocenters. The monoisotopic (exact) mass is 396 g/mol. The molecule has 3 aromatic rings. The molecule has 146 valence electrons. The third kappa shape index (κ3) is 3.96. The van der Waals surface area contributed by atoms with Crippen LogP contribution < -0.4 is 5.32 Å². The maximum atomic E-state index is 12.5. The molecular formula is C20H24N6OS. The summed E-state index contributed by atoms with van der Waals surface area (Å²) in [5.41, 5.74) is 2.17. The number of carbonyl (C=O) groups excluding carboxylic acids is 1. The number of aryl methyl sites for hydroxylation is 2. The van der Waals surface area contributed by atoms with Crippen LogP contribution in [0.25, 0.3) is 5.69 Å². The molecule has 0 atom stereocenters. The van der Waals surface area contributed by atoms with Crippen molar-refractivity contribution in [3.05, 3.63) is 47.9 Å². The fraction of sp³-hybridized carbons (Fsp3) is 0.400. The zero-order valence-electron chi connectivity index (χ0n) is 16.1. The number of nitrogens with one attached hydrogen (secondary N) is 1. The number of amides is 1. The smallest absolute Gasteiger partial charge is 0.235 e. The Morgan fingerprint density at radius 2 is 2.04 bits per heavy atom. The van der Waals surface area contributed by atoms with E-state index in [2.05, 4.69) is 39.7 Å². The lowest BCUT2D eigenvalue weighted by atomic mass is 10.2. The normalized spacial score (nSPS) is 14.5. The van der Waals surface area contributed by atoms with Gasteiger partial charge >= 0.3 is 0 Å². The standard InChI is InChI=1S/C20H24N6OS/c1-14-6-5-9-17(12-14)25-15(2)23-24-20(25)28-13-19(27)22-18-10-11-21-26(18)16-7-3-4-8-16/h5-6,9-12,16H,3-4,7-8,13H2,1-2H3,(H,22,27). The van der Waals surface area contributed by atoms with Crippen molar-refractivity contribution in [1.82, 2.24) is 24.5 Å². The van der Waals surface area contributed by atoms with Gasteiger partial charge in [-0.15, -0.1) is 10.2 Å². The Morgan fingerprint density at radius 3 is 2.82 bits per heavy atom. The summed E-state index contributed by atoms with van der Waals surface area (Å²) in [6, 6.07) is 10.4. The Hall–Kier alpha value is -2.61. The number of hydrogen-bond acceptors (Lipinski definition) is 5. The molecule has 0 radical (unpaired) electrons. The van der Waals surface area contributed by atoms with Gasteiger partial charge in [0.15, 0.2) is 5.16 Å². The van der Waals surface area contributed by atoms with Gasteiger partial charge in [-0.25, -0.2) is 4.68 Å². The van der Waals surface area contributed by atoms with Gasteiger partial charge in [-0.2, -0.15) is 5.10 Å². The van der Waals surface area contributed by atoms with Gasteiger partial charge in [-0.05, 0) is 44.4 Å². The molecule has 0 bridgehead atoms. The quantitative estimate of drug-likeness (QED) is 0.639. The lowest BCUT2D eigenvalue weighted by Crippen LogP contribution is -2.19. The Labute approximate surface area is 168 Å². The Balaban J connectivity index is 1.43. The molecule has 0 spiro atoms. The highest BCUT2D eigenvalue weighted by Crippen LogP contribution is 2.31. The second-order valence-electron chi connectivity index (χ2n) is 7.14. The fourth-order valence-corrected chi connectivity index (χ4v) is 4.46. The van der Waals surface area contributed by atoms with Gasteiger partial charge in [0.05, 0.1) is 18.0 Å². The average Bonchev–Trinajstić information content (AvgIpc) is 3.40. The number of nitrogens with zero attached hydrogens (tertiary/aromatic N) is 5. The molecule has 0 saturated heterocycles. The molecule has 1 amide bonds. The van der Waals surface area contributed by atoms with Crippen LogP contribution in [0.3, 0.4) is 0 Å². The highest BCUT2D eigenvalue weighted by Gasteiger charge is 2.21. The largest absolute Gasteiger partial charge is 0.310 e. The lowest BCUT2D eigenvalue weighted by Gasteiger charge is -2.14. The van der Waals surface area contributed by atoms with Crippen LogP contribution in [0.2, 0.25) is 0 Å². The molecule has 1 N–H and O–H groups in total. The topological polar surface area (TPSA) is 77.6 Å². The highest BCUT2D eigenvalue weighted by atomic mass is 32.2. The van der Waals surface area contributed by atoms with E-state index < -0.39 is 0 Å². The minimum absolute atomic E-state index is 0.0683. The van der Waals surface area contributed by atoms with E-state index in [0.717, 1.165) is 30.2 Å². The van der Waals surface area contributed by atoms with E-state index in [0.29, 0.717) is 11.2 Å². The number of hydrogen-bond donors (Lipinski definition) is 1. The van der Waals surface area contributed by atoms with Gasteiger partial charge in [-0.1, -0.05) is 36.7 Å². The third-order valence-corrected chi connectivity index (χ3v) is 5.92. The van der Waals surface area contributed by atoms with Crippen molar-refractivity contribution >= 4 is 23.5 Å². The first-order valence-electron chi connectivity index (χ1n) is 9.57. The van der Waals surface area contributed by atoms with Gasteiger partial charge in [0, 0.05) is 11.8 Å². The highest BCUT2D eigenvalue weighted by molar-refractivity contribution is 7.99. The summed E-state index contributed by atoms with van der Waals surface area (Å²) in [6.45, 7) is 3.97. The average molecular weight is 397 g/mol. The SMILES string of the molecule is Cc1cccc(-n2c(C)nnc2SCC(=O)Nc2ccnn2C2CCCC2)c1. The summed E-state index contributed by atoms with van der Waals surface area (Å²) < 4.78 is 3.93. The summed E-state index contributed by atoms with van der Waals surface area (Å²) in [5.74, 6) is 1.77. The molecule has 1 aliphatic rings. The van der Waals surface area contributed by atoms with Crippen LogP contribution in [0, 0.1) is 13.8 Å². The van der Waals surface area contributed by atoms with E-state index in [-0.39, 0.29) is 11.7 Å². The van der Waals surface area contributed by atoms with Crippen LogP contribution in [0.1, 0.15) is 43.1 Å². The molecule has 1 aliphatic carbocycles. The number of aromatic nitrogens is 5. The van der Waals surface area contributed by atoms with E-state index >= 15 is 0 Å². The first kappa shape index (κ1) is 18.7. The van der Waals surface area contributed by atoms with Gasteiger partial charge in [0.1, 0.15) is 11.6 Å². The van der Waals surface area contributed by atoms with Crippen molar-refractivity contribution in [2.45, 2.75) is 50.7 Å². The molecule has 7 nitrogen and oxygen atoms in total. The summed E-state index contributed by atoms with van der Waals surface area (Å²) in [5, 5.41) is 16.5. The Kier molecular flexibility index (Phi) is 5.47. The molecule has 8 heteroatoms. The fourth-order valence-electron chi connectivity index (χ4n) is 3.66. The predicted molar refractivity (Wildman–Crippen MR) is 110 cm³/mol. The van der Waals surface area contributed by atoms with Crippen LogP contribution in [0.15, 0.2) is 41.7 Å². The van der Waals surface area contributed by atoms with Gasteiger partial charge in [-0.3, -0.25) is 9.36 Å². The molecule has 0 aliphatic heterocycles. The third-order valence-electron chi connectivity index (χ3n) is 5.00. The van der Waals surface area contributed by atoms with Crippen molar-refractivity contribution in [1.29, 1.82) is 0 Å². The molecular weight excluding hydrogens is 372 g/mol. The zero-order chi connectivity index (χ0) is 19.5. The zero-order valence-corrected chi connectivity index (χ0v) is 16.9. The van der Waals surface area contributed by atoms with E-state index in [9.17, 15) is 4.79 Å². The van der Waals surface area contributed by atoms with Crippen LogP contribution in [-0.2, 0) is 4.79 Å². The molecule has 2 aromatic heterocycles. The Bertz CT molecular complexity index is 973. The second kappa shape index (κ2) is 8.18. The molecule has 4 rings (SSSR count). The molecule has 1 saturated carbocycles. The van der Waals surface area contributed by atoms with E-state index in [1.54, 1.807) is 6.20 Å². The minimum Gasteiger partial charge on any atom is -0.310 e. The van der Waals surface area contributed by atoms with Gasteiger partial charge in [0.2, 0.25) is 5.91 Å². The second-order valence-corrected chi connectivity index (χ2v) is 8.08. The molecule has 2 heterocycles. The van der Waals surface area contributed by atoms with Gasteiger partial charge < -0.3 is 5.32 Å². The summed E-state index contributed by atoms with van der Waals surface area (Å²) in [7, 11) is 0. The van der Waals surface area contributed by atoms with E-state index in [1.807, 2.05) is 34.4 Å². The molecule has 1 fully saturated rings. The number of benzene rings is 1. The van der Waals surface area contributed by atoms with Crippen LogP contribution >= 0.6 is 11.8 Å². The van der Waals surface area contributed by atoms with Crippen molar-refractivity contribution in [3.63, 3.8) is 0 Å². The summed E-state index contributed by atoms with van der Waals surface area (Å²) in [6.07, 6.45) is 6.44.